The molecule has 3 heteroatoms. The Balaban J connectivity index is 0. The third-order valence-corrected chi connectivity index (χ3v) is 0. The molecule has 0 spiro atoms. The number of halogens is 1. The van der Waals surface area contributed by atoms with Crippen molar-refractivity contribution < 1.29 is 17.1 Å². The van der Waals surface area contributed by atoms with Crippen LogP contribution in [0.4, 0.5) is 0 Å². The summed E-state index contributed by atoms with van der Waals surface area (Å²) in [6.07, 6.45) is 0. The average Bonchev–Trinajstić information content (AvgIpc) is 0.722. The first-order valence-electron chi connectivity index (χ1n) is 1.51. The molecule has 0 bridgehead atoms. The maximum atomic E-state index is 5.64. The zero-order valence-corrected chi connectivity index (χ0v) is 6.72. The summed E-state index contributed by atoms with van der Waals surface area (Å²) in [5, 5.41) is 0. The molecule has 0 saturated heterocycles. The van der Waals surface area contributed by atoms with Crippen LogP contribution < -0.4 is 0 Å². The van der Waals surface area contributed by atoms with Gasteiger partial charge in [-0.2, -0.15) is 0 Å². The van der Waals surface area contributed by atoms with E-state index in [4.69, 9.17) is 11.2 Å². The summed E-state index contributed by atoms with van der Waals surface area (Å²) in [6, 6.07) is 0. The third kappa shape index (κ3) is 61.3. The van der Waals surface area contributed by atoms with Gasteiger partial charge in [-0.1, -0.05) is 0 Å². The van der Waals surface area contributed by atoms with Crippen molar-refractivity contribution in [2.24, 2.45) is 0 Å². The maximum Gasteiger partial charge on any atom is 0.104 e. The van der Waals surface area contributed by atoms with Gasteiger partial charge in [0.25, 0.3) is 0 Å². The Kier molecular flexibility index (Phi) is 5.59. The van der Waals surface area contributed by atoms with Crippen LogP contribution in [0.1, 0.15) is 0 Å². The van der Waals surface area contributed by atoms with E-state index in [2.05, 4.69) is 20.0 Å². The molecule has 0 aromatic rings. The number of hydrogen-bond acceptors (Lipinski definition) is 0. The first-order valence-corrected chi connectivity index (χ1v) is 5.55. The quantitative estimate of drug-likeness (QED) is 0.390. The second-order valence-corrected chi connectivity index (χ2v) is 8.59. The van der Waals surface area contributed by atoms with Crippen LogP contribution in [0.25, 0.3) is 0 Å². The van der Waals surface area contributed by atoms with E-state index in [0.29, 0.717) is 0 Å². The van der Waals surface area contributed by atoms with Gasteiger partial charge in [0.1, 0.15) is 6.62 Å². The van der Waals surface area contributed by atoms with Crippen LogP contribution in [0.15, 0.2) is 0 Å². The standard InChI is InChI=1S/C3H9ClP.Cu/c1-5(2,3)4;/h1-3H3;/q+1;. The van der Waals surface area contributed by atoms with E-state index in [-0.39, 0.29) is 17.1 Å². The summed E-state index contributed by atoms with van der Waals surface area (Å²) < 4.78 is 0. The minimum absolute atomic E-state index is 0. The van der Waals surface area contributed by atoms with E-state index in [1.54, 1.807) is 0 Å². The first-order chi connectivity index (χ1) is 2.00. The van der Waals surface area contributed by atoms with Crippen molar-refractivity contribution in [2.75, 3.05) is 20.0 Å². The fourth-order valence-corrected chi connectivity index (χ4v) is 0. The Hall–Kier alpha value is 1.24. The molecule has 0 nitrogen and oxygen atoms in total. The van der Waals surface area contributed by atoms with Gasteiger partial charge >= 0.3 is 0 Å². The molecule has 0 amide bonds. The van der Waals surface area contributed by atoms with Crippen LogP contribution in [-0.4, -0.2) is 20.0 Å². The Morgan fingerprint density at radius 1 is 1.17 bits per heavy atom. The smallest absolute Gasteiger partial charge is 0 e. The summed E-state index contributed by atoms with van der Waals surface area (Å²) in [7, 11) is 0. The molecule has 0 aliphatic carbocycles. The average molecular weight is 175 g/mol. The van der Waals surface area contributed by atoms with Gasteiger partial charge in [0.15, 0.2) is 0 Å². The van der Waals surface area contributed by atoms with E-state index in [9.17, 15) is 0 Å². The van der Waals surface area contributed by atoms with E-state index >= 15 is 0 Å². The summed E-state index contributed by atoms with van der Waals surface area (Å²) in [6.45, 7) is 5.28. The molecule has 0 aliphatic rings. The molecular formula is C3H9ClCuP+. The first kappa shape index (κ1) is 10.3. The molecule has 0 fully saturated rings. The Morgan fingerprint density at radius 3 is 1.17 bits per heavy atom. The summed E-state index contributed by atoms with van der Waals surface area (Å²) in [5.41, 5.74) is 0. The second kappa shape index (κ2) is 3.27. The Morgan fingerprint density at radius 2 is 1.17 bits per heavy atom. The van der Waals surface area contributed by atoms with Crippen LogP contribution in [0.3, 0.4) is 0 Å². The zero-order chi connectivity index (χ0) is 4.50. The fraction of sp³-hybridized carbons (Fsp3) is 1.00. The summed E-state index contributed by atoms with van der Waals surface area (Å²) >= 11 is 5.64. The summed E-state index contributed by atoms with van der Waals surface area (Å²) in [5.74, 6) is 0. The summed E-state index contributed by atoms with van der Waals surface area (Å²) in [4.78, 5) is 0. The molecule has 0 atom stereocenters. The Bertz CT molecular complexity index is 26.3. The molecule has 6 heavy (non-hydrogen) atoms. The molecule has 0 N–H and O–H groups in total. The maximum absolute atomic E-state index is 5.64. The van der Waals surface area contributed by atoms with Gasteiger partial charge in [0.05, 0.1) is 31.2 Å². The van der Waals surface area contributed by atoms with E-state index < -0.39 is 6.62 Å². The predicted octanol–water partition coefficient (Wildman–Crippen LogP) is 2.04. The van der Waals surface area contributed by atoms with Crippen LogP contribution in [0.5, 0.6) is 0 Å². The number of rotatable bonds is 0. The van der Waals surface area contributed by atoms with Crippen molar-refractivity contribution in [3.05, 3.63) is 0 Å². The molecule has 0 aromatic carbocycles. The van der Waals surface area contributed by atoms with Crippen molar-refractivity contribution in [2.45, 2.75) is 0 Å². The van der Waals surface area contributed by atoms with Crippen molar-refractivity contribution in [3.8, 4) is 0 Å². The SMILES string of the molecule is C[P+](C)(C)Cl.[Cu]. The third-order valence-electron chi connectivity index (χ3n) is 0. The zero-order valence-electron chi connectivity index (χ0n) is 4.13. The minimum atomic E-state index is -0.917. The van der Waals surface area contributed by atoms with Crippen molar-refractivity contribution in [1.82, 2.24) is 0 Å². The van der Waals surface area contributed by atoms with E-state index in [0.717, 1.165) is 0 Å². The number of hydrogen-bond donors (Lipinski definition) is 0. The van der Waals surface area contributed by atoms with Gasteiger partial charge in [-0.3, -0.25) is 0 Å². The van der Waals surface area contributed by atoms with Gasteiger partial charge in [-0.25, -0.2) is 0 Å². The molecule has 0 unspecified atom stereocenters. The van der Waals surface area contributed by atoms with Crippen LogP contribution in [0, 0.1) is 0 Å². The molecule has 0 aromatic heterocycles. The van der Waals surface area contributed by atoms with Crippen molar-refractivity contribution in [1.29, 1.82) is 0 Å². The monoisotopic (exact) mass is 174 g/mol. The van der Waals surface area contributed by atoms with E-state index in [1.807, 2.05) is 0 Å². The van der Waals surface area contributed by atoms with Crippen molar-refractivity contribution >= 4 is 17.9 Å². The topological polar surface area (TPSA) is 0 Å². The molecule has 0 rings (SSSR count). The largest absolute Gasteiger partial charge is 0.104 e. The van der Waals surface area contributed by atoms with E-state index in [1.165, 1.54) is 0 Å². The molecule has 43 valence electrons. The van der Waals surface area contributed by atoms with Gasteiger partial charge < -0.3 is 0 Å². The van der Waals surface area contributed by atoms with Crippen LogP contribution in [-0.2, 0) is 17.1 Å². The van der Waals surface area contributed by atoms with Crippen LogP contribution in [0.2, 0.25) is 0 Å². The molecule has 1 radical (unpaired) electrons. The fourth-order valence-electron chi connectivity index (χ4n) is 0. The predicted molar refractivity (Wildman–Crippen MR) is 30.5 cm³/mol. The van der Waals surface area contributed by atoms with Gasteiger partial charge in [-0.15, -0.1) is 0 Å². The molecular weight excluding hydrogens is 166 g/mol. The van der Waals surface area contributed by atoms with Crippen LogP contribution >= 0.6 is 17.9 Å². The van der Waals surface area contributed by atoms with Gasteiger partial charge in [0.2, 0.25) is 0 Å². The molecule has 0 saturated carbocycles. The van der Waals surface area contributed by atoms with Gasteiger partial charge in [0, 0.05) is 17.1 Å². The second-order valence-electron chi connectivity index (χ2n) is 1.85. The normalized spacial score (nSPS) is 10.0. The van der Waals surface area contributed by atoms with Gasteiger partial charge in [-0.05, 0) is 0 Å². The molecule has 0 heterocycles. The Labute approximate surface area is 55.2 Å². The molecule has 0 aliphatic heterocycles. The van der Waals surface area contributed by atoms with Crippen molar-refractivity contribution in [3.63, 3.8) is 0 Å². The minimum Gasteiger partial charge on any atom is 0 e.